The Labute approximate surface area is 81.0 Å². The van der Waals surface area contributed by atoms with Crippen LogP contribution < -0.4 is 0 Å². The fraction of sp³-hybridized carbons (Fsp3) is 1.00. The van der Waals surface area contributed by atoms with Crippen LogP contribution in [0.5, 0.6) is 0 Å². The van der Waals surface area contributed by atoms with Gasteiger partial charge in [-0.15, -0.1) is 0 Å². The average Bonchev–Trinajstić information content (AvgIpc) is 2.64. The van der Waals surface area contributed by atoms with Gasteiger partial charge in [0, 0.05) is 6.54 Å². The van der Waals surface area contributed by atoms with Crippen molar-refractivity contribution in [2.24, 2.45) is 0 Å². The van der Waals surface area contributed by atoms with Crippen molar-refractivity contribution in [2.45, 2.75) is 33.0 Å². The summed E-state index contributed by atoms with van der Waals surface area (Å²) in [4.78, 5) is 2.39. The average molecular weight is 187 g/mol. The van der Waals surface area contributed by atoms with E-state index in [-0.39, 0.29) is 6.29 Å². The molecule has 0 amide bonds. The topological polar surface area (TPSA) is 21.7 Å². The maximum Gasteiger partial charge on any atom is 0.170 e. The van der Waals surface area contributed by atoms with Crippen LogP contribution in [0.25, 0.3) is 0 Å². The van der Waals surface area contributed by atoms with E-state index in [0.717, 1.165) is 32.8 Å². The van der Waals surface area contributed by atoms with E-state index >= 15 is 0 Å². The van der Waals surface area contributed by atoms with Gasteiger partial charge in [0.2, 0.25) is 0 Å². The molecule has 0 aromatic heterocycles. The van der Waals surface area contributed by atoms with E-state index in [4.69, 9.17) is 9.47 Å². The van der Waals surface area contributed by atoms with Crippen LogP contribution in [-0.2, 0) is 9.47 Å². The number of hydrogen-bond donors (Lipinski definition) is 0. The molecule has 0 atom stereocenters. The molecular formula is C10H21NO2. The molecule has 0 aromatic carbocycles. The molecule has 78 valence electrons. The molecule has 1 fully saturated rings. The highest BCUT2D eigenvalue weighted by molar-refractivity contribution is 4.61. The van der Waals surface area contributed by atoms with E-state index in [1.165, 1.54) is 12.8 Å². The highest BCUT2D eigenvalue weighted by Gasteiger charge is 2.18. The van der Waals surface area contributed by atoms with E-state index < -0.39 is 0 Å². The number of ether oxygens (including phenoxy) is 2. The lowest BCUT2D eigenvalue weighted by Crippen LogP contribution is -2.33. The van der Waals surface area contributed by atoms with Crippen molar-refractivity contribution in [2.75, 3.05) is 32.8 Å². The molecule has 1 heterocycles. The first-order chi connectivity index (χ1) is 6.36. The third-order valence-corrected chi connectivity index (χ3v) is 2.37. The molecule has 1 saturated heterocycles. The van der Waals surface area contributed by atoms with Gasteiger partial charge in [-0.25, -0.2) is 0 Å². The van der Waals surface area contributed by atoms with E-state index in [9.17, 15) is 0 Å². The van der Waals surface area contributed by atoms with Gasteiger partial charge in [0.15, 0.2) is 6.29 Å². The minimum Gasteiger partial charge on any atom is -0.349 e. The Morgan fingerprint density at radius 1 is 1.23 bits per heavy atom. The van der Waals surface area contributed by atoms with Crippen LogP contribution in [-0.4, -0.2) is 44.0 Å². The van der Waals surface area contributed by atoms with Gasteiger partial charge in [-0.1, -0.05) is 20.3 Å². The molecule has 0 aromatic rings. The summed E-state index contributed by atoms with van der Waals surface area (Å²) in [7, 11) is 0. The second-order valence-electron chi connectivity index (χ2n) is 3.42. The molecule has 0 saturated carbocycles. The van der Waals surface area contributed by atoms with Gasteiger partial charge < -0.3 is 9.47 Å². The second kappa shape index (κ2) is 6.35. The second-order valence-corrected chi connectivity index (χ2v) is 3.42. The zero-order valence-corrected chi connectivity index (χ0v) is 8.79. The van der Waals surface area contributed by atoms with Crippen molar-refractivity contribution in [1.82, 2.24) is 4.90 Å². The normalized spacial score (nSPS) is 18.7. The first-order valence-electron chi connectivity index (χ1n) is 5.32. The molecule has 0 spiro atoms. The zero-order valence-electron chi connectivity index (χ0n) is 8.79. The summed E-state index contributed by atoms with van der Waals surface area (Å²) in [5.74, 6) is 0. The zero-order chi connectivity index (χ0) is 9.52. The molecule has 13 heavy (non-hydrogen) atoms. The van der Waals surface area contributed by atoms with Crippen molar-refractivity contribution in [3.05, 3.63) is 0 Å². The van der Waals surface area contributed by atoms with Gasteiger partial charge in [0.1, 0.15) is 0 Å². The minimum absolute atomic E-state index is 0.0248. The standard InChI is InChI=1S/C10H21NO2/c1-3-5-6-11(4-2)9-10-12-7-8-13-10/h10H,3-9H2,1-2H3. The summed E-state index contributed by atoms with van der Waals surface area (Å²) in [5.41, 5.74) is 0. The Balaban J connectivity index is 2.13. The summed E-state index contributed by atoms with van der Waals surface area (Å²) < 4.78 is 10.8. The molecule has 0 N–H and O–H groups in total. The summed E-state index contributed by atoms with van der Waals surface area (Å²) in [6.45, 7) is 9.10. The number of nitrogens with zero attached hydrogens (tertiary/aromatic N) is 1. The highest BCUT2D eigenvalue weighted by Crippen LogP contribution is 2.06. The van der Waals surface area contributed by atoms with E-state index in [2.05, 4.69) is 18.7 Å². The SMILES string of the molecule is CCCCN(CC)CC1OCCO1. The Hall–Kier alpha value is -0.120. The lowest BCUT2D eigenvalue weighted by Gasteiger charge is -2.22. The van der Waals surface area contributed by atoms with Crippen molar-refractivity contribution in [1.29, 1.82) is 0 Å². The molecule has 3 nitrogen and oxygen atoms in total. The van der Waals surface area contributed by atoms with E-state index in [1.54, 1.807) is 0 Å². The molecular weight excluding hydrogens is 166 g/mol. The number of hydrogen-bond acceptors (Lipinski definition) is 3. The smallest absolute Gasteiger partial charge is 0.170 e. The van der Waals surface area contributed by atoms with Gasteiger partial charge in [0.25, 0.3) is 0 Å². The number of likely N-dealkylation sites (N-methyl/N-ethyl adjacent to an activating group) is 1. The van der Waals surface area contributed by atoms with Gasteiger partial charge in [-0.3, -0.25) is 4.90 Å². The van der Waals surface area contributed by atoms with Gasteiger partial charge in [0.05, 0.1) is 13.2 Å². The fourth-order valence-corrected chi connectivity index (χ4v) is 1.48. The Morgan fingerprint density at radius 2 is 1.92 bits per heavy atom. The Kier molecular flexibility index (Phi) is 5.35. The number of unbranched alkanes of at least 4 members (excludes halogenated alkanes) is 1. The molecule has 0 unspecified atom stereocenters. The molecule has 0 bridgehead atoms. The first-order valence-corrected chi connectivity index (χ1v) is 5.32. The van der Waals surface area contributed by atoms with Gasteiger partial charge in [-0.05, 0) is 19.5 Å². The van der Waals surface area contributed by atoms with Gasteiger partial charge >= 0.3 is 0 Å². The molecule has 1 aliphatic heterocycles. The third kappa shape index (κ3) is 4.07. The van der Waals surface area contributed by atoms with Crippen LogP contribution in [0.2, 0.25) is 0 Å². The monoisotopic (exact) mass is 187 g/mol. The highest BCUT2D eigenvalue weighted by atomic mass is 16.7. The Morgan fingerprint density at radius 3 is 2.46 bits per heavy atom. The molecule has 1 rings (SSSR count). The first kappa shape index (κ1) is 11.0. The van der Waals surface area contributed by atoms with Crippen molar-refractivity contribution in [3.63, 3.8) is 0 Å². The van der Waals surface area contributed by atoms with Crippen molar-refractivity contribution in [3.8, 4) is 0 Å². The van der Waals surface area contributed by atoms with Crippen LogP contribution in [0.4, 0.5) is 0 Å². The molecule has 3 heteroatoms. The van der Waals surface area contributed by atoms with E-state index in [0.29, 0.717) is 0 Å². The number of rotatable bonds is 6. The molecule has 1 aliphatic rings. The minimum atomic E-state index is 0.0248. The summed E-state index contributed by atoms with van der Waals surface area (Å²) in [5, 5.41) is 0. The maximum absolute atomic E-state index is 5.40. The fourth-order valence-electron chi connectivity index (χ4n) is 1.48. The lowest BCUT2D eigenvalue weighted by atomic mass is 10.3. The van der Waals surface area contributed by atoms with E-state index in [1.807, 2.05) is 0 Å². The summed E-state index contributed by atoms with van der Waals surface area (Å²) >= 11 is 0. The van der Waals surface area contributed by atoms with Crippen LogP contribution >= 0.6 is 0 Å². The maximum atomic E-state index is 5.40. The largest absolute Gasteiger partial charge is 0.349 e. The van der Waals surface area contributed by atoms with Crippen molar-refractivity contribution < 1.29 is 9.47 Å². The summed E-state index contributed by atoms with van der Waals surface area (Å²) in [6.07, 6.45) is 2.54. The predicted octanol–water partition coefficient (Wildman–Crippen LogP) is 1.48. The van der Waals surface area contributed by atoms with Crippen LogP contribution in [0.15, 0.2) is 0 Å². The predicted molar refractivity (Wildman–Crippen MR) is 52.7 cm³/mol. The van der Waals surface area contributed by atoms with Crippen LogP contribution in [0, 0.1) is 0 Å². The quantitative estimate of drug-likeness (QED) is 0.628. The van der Waals surface area contributed by atoms with Crippen LogP contribution in [0.1, 0.15) is 26.7 Å². The molecule has 0 aliphatic carbocycles. The lowest BCUT2D eigenvalue weighted by molar-refractivity contribution is -0.0613. The van der Waals surface area contributed by atoms with Gasteiger partial charge in [-0.2, -0.15) is 0 Å². The third-order valence-electron chi connectivity index (χ3n) is 2.37. The van der Waals surface area contributed by atoms with Crippen molar-refractivity contribution >= 4 is 0 Å². The Bertz CT molecular complexity index is 124. The summed E-state index contributed by atoms with van der Waals surface area (Å²) in [6, 6.07) is 0. The molecule has 0 radical (unpaired) electrons. The van der Waals surface area contributed by atoms with Crippen LogP contribution in [0.3, 0.4) is 0 Å².